The van der Waals surface area contributed by atoms with Crippen molar-refractivity contribution in [2.75, 3.05) is 13.1 Å². The SMILES string of the molecule is Cc1ccc(C(=O)N2CCC[C@@H](c3nnc(-c4ccc(C)s4)o3)C2)cc1. The zero-order valence-electron chi connectivity index (χ0n) is 14.9. The van der Waals surface area contributed by atoms with Gasteiger partial charge in [0, 0.05) is 23.5 Å². The summed E-state index contributed by atoms with van der Waals surface area (Å²) in [7, 11) is 0. The smallest absolute Gasteiger partial charge is 0.257 e. The van der Waals surface area contributed by atoms with Crippen molar-refractivity contribution < 1.29 is 9.21 Å². The number of aryl methyl sites for hydroxylation is 2. The summed E-state index contributed by atoms with van der Waals surface area (Å²) >= 11 is 1.64. The highest BCUT2D eigenvalue weighted by Crippen LogP contribution is 2.31. The Kier molecular flexibility index (Phi) is 4.59. The number of benzene rings is 1. The first-order valence-corrected chi connectivity index (χ1v) is 9.68. The lowest BCUT2D eigenvalue weighted by molar-refractivity contribution is 0.0698. The quantitative estimate of drug-likeness (QED) is 0.687. The van der Waals surface area contributed by atoms with Crippen molar-refractivity contribution in [2.45, 2.75) is 32.6 Å². The van der Waals surface area contributed by atoms with E-state index in [2.05, 4.69) is 17.1 Å². The zero-order chi connectivity index (χ0) is 18.1. The minimum Gasteiger partial charge on any atom is -0.420 e. The third kappa shape index (κ3) is 3.42. The summed E-state index contributed by atoms with van der Waals surface area (Å²) in [6.45, 7) is 5.47. The number of piperidine rings is 1. The average molecular weight is 367 g/mol. The Morgan fingerprint density at radius 1 is 1.15 bits per heavy atom. The van der Waals surface area contributed by atoms with Crippen molar-refractivity contribution in [1.82, 2.24) is 15.1 Å². The summed E-state index contributed by atoms with van der Waals surface area (Å²) in [6, 6.07) is 11.8. The molecule has 1 aliphatic rings. The van der Waals surface area contributed by atoms with E-state index in [0.29, 0.717) is 18.3 Å². The average Bonchev–Trinajstić information content (AvgIpc) is 3.31. The van der Waals surface area contributed by atoms with Gasteiger partial charge in [-0.15, -0.1) is 21.5 Å². The predicted octanol–water partition coefficient (Wildman–Crippen LogP) is 4.43. The van der Waals surface area contributed by atoms with Crippen LogP contribution >= 0.6 is 11.3 Å². The van der Waals surface area contributed by atoms with E-state index in [4.69, 9.17) is 4.42 Å². The van der Waals surface area contributed by atoms with E-state index in [9.17, 15) is 4.79 Å². The third-order valence-corrected chi connectivity index (χ3v) is 5.74. The summed E-state index contributed by atoms with van der Waals surface area (Å²) in [5.41, 5.74) is 1.89. The third-order valence-electron chi connectivity index (χ3n) is 4.75. The van der Waals surface area contributed by atoms with Crippen LogP contribution in [-0.4, -0.2) is 34.1 Å². The number of amides is 1. The van der Waals surface area contributed by atoms with Crippen molar-refractivity contribution in [1.29, 1.82) is 0 Å². The van der Waals surface area contributed by atoms with E-state index in [1.54, 1.807) is 11.3 Å². The number of thiophene rings is 1. The number of carbonyl (C=O) groups is 1. The summed E-state index contributed by atoms with van der Waals surface area (Å²) in [4.78, 5) is 16.9. The van der Waals surface area contributed by atoms with Crippen LogP contribution in [0.5, 0.6) is 0 Å². The van der Waals surface area contributed by atoms with Gasteiger partial charge in [0.25, 0.3) is 11.8 Å². The predicted molar refractivity (Wildman–Crippen MR) is 101 cm³/mol. The summed E-state index contributed by atoms with van der Waals surface area (Å²) in [5, 5.41) is 8.46. The number of rotatable bonds is 3. The largest absolute Gasteiger partial charge is 0.420 e. The molecule has 2 aromatic heterocycles. The van der Waals surface area contributed by atoms with Crippen LogP contribution in [0.2, 0.25) is 0 Å². The van der Waals surface area contributed by atoms with Crippen LogP contribution in [0.25, 0.3) is 10.8 Å². The van der Waals surface area contributed by atoms with Crippen LogP contribution in [0, 0.1) is 13.8 Å². The molecule has 3 aromatic rings. The number of carbonyl (C=O) groups excluding carboxylic acids is 1. The second-order valence-corrected chi connectivity index (χ2v) is 8.10. The van der Waals surface area contributed by atoms with Crippen LogP contribution in [0.1, 0.15) is 45.4 Å². The topological polar surface area (TPSA) is 59.2 Å². The van der Waals surface area contributed by atoms with Gasteiger partial charge in [0.2, 0.25) is 5.89 Å². The molecule has 134 valence electrons. The number of hydrogen-bond donors (Lipinski definition) is 0. The normalized spacial score (nSPS) is 17.5. The molecule has 1 saturated heterocycles. The fourth-order valence-electron chi connectivity index (χ4n) is 3.29. The fraction of sp³-hybridized carbons (Fsp3) is 0.350. The first-order chi connectivity index (χ1) is 12.6. The molecular weight excluding hydrogens is 346 g/mol. The van der Waals surface area contributed by atoms with E-state index in [0.717, 1.165) is 35.4 Å². The Hall–Kier alpha value is -2.47. The van der Waals surface area contributed by atoms with Gasteiger partial charge in [-0.25, -0.2) is 0 Å². The monoisotopic (exact) mass is 367 g/mol. The van der Waals surface area contributed by atoms with Crippen molar-refractivity contribution in [3.63, 3.8) is 0 Å². The van der Waals surface area contributed by atoms with Crippen LogP contribution in [0.15, 0.2) is 40.8 Å². The van der Waals surface area contributed by atoms with E-state index < -0.39 is 0 Å². The molecule has 6 heteroatoms. The van der Waals surface area contributed by atoms with Crippen LogP contribution in [-0.2, 0) is 0 Å². The number of likely N-dealkylation sites (tertiary alicyclic amines) is 1. The first-order valence-electron chi connectivity index (χ1n) is 8.86. The molecule has 0 unspecified atom stereocenters. The molecule has 1 amide bonds. The summed E-state index contributed by atoms with van der Waals surface area (Å²) in [6.07, 6.45) is 1.90. The van der Waals surface area contributed by atoms with Gasteiger partial charge in [-0.1, -0.05) is 17.7 Å². The molecular formula is C20H21N3O2S. The number of aromatic nitrogens is 2. The van der Waals surface area contributed by atoms with Crippen molar-refractivity contribution >= 4 is 17.2 Å². The van der Waals surface area contributed by atoms with Crippen LogP contribution in [0.4, 0.5) is 0 Å². The molecule has 1 aromatic carbocycles. The maximum atomic E-state index is 12.8. The highest BCUT2D eigenvalue weighted by molar-refractivity contribution is 7.15. The summed E-state index contributed by atoms with van der Waals surface area (Å²) < 4.78 is 5.92. The molecule has 0 bridgehead atoms. The highest BCUT2D eigenvalue weighted by atomic mass is 32.1. The maximum absolute atomic E-state index is 12.8. The molecule has 5 nitrogen and oxygen atoms in total. The Bertz CT molecular complexity index is 913. The fourth-order valence-corrected chi connectivity index (χ4v) is 4.08. The maximum Gasteiger partial charge on any atom is 0.257 e. The van der Waals surface area contributed by atoms with Crippen molar-refractivity contribution in [3.05, 3.63) is 58.3 Å². The van der Waals surface area contributed by atoms with Crippen molar-refractivity contribution in [3.8, 4) is 10.8 Å². The summed E-state index contributed by atoms with van der Waals surface area (Å²) in [5.74, 6) is 1.37. The molecule has 4 rings (SSSR count). The molecule has 1 atom stereocenters. The Morgan fingerprint density at radius 2 is 1.96 bits per heavy atom. The second kappa shape index (κ2) is 7.03. The molecule has 0 spiro atoms. The van der Waals surface area contributed by atoms with E-state index in [-0.39, 0.29) is 11.8 Å². The number of hydrogen-bond acceptors (Lipinski definition) is 5. The van der Waals surface area contributed by atoms with Gasteiger partial charge in [-0.2, -0.15) is 0 Å². The van der Waals surface area contributed by atoms with Gasteiger partial charge in [-0.3, -0.25) is 4.79 Å². The molecule has 0 saturated carbocycles. The minimum absolute atomic E-state index is 0.0725. The molecule has 3 heterocycles. The van der Waals surface area contributed by atoms with Gasteiger partial charge >= 0.3 is 0 Å². The highest BCUT2D eigenvalue weighted by Gasteiger charge is 2.29. The Morgan fingerprint density at radius 3 is 2.69 bits per heavy atom. The standard InChI is InChI=1S/C20H21N3O2S/c1-13-5-8-15(9-6-13)20(24)23-11-3-4-16(12-23)18-21-22-19(25-18)17-10-7-14(2)26-17/h5-10,16H,3-4,11-12H2,1-2H3/t16-/m1/s1. The zero-order valence-corrected chi connectivity index (χ0v) is 15.8. The van der Waals surface area contributed by atoms with Gasteiger partial charge in [0.1, 0.15) is 0 Å². The minimum atomic E-state index is 0.0725. The van der Waals surface area contributed by atoms with E-state index in [1.165, 1.54) is 4.88 Å². The lowest BCUT2D eigenvalue weighted by atomic mass is 9.97. The van der Waals surface area contributed by atoms with Crippen LogP contribution < -0.4 is 0 Å². The van der Waals surface area contributed by atoms with Gasteiger partial charge < -0.3 is 9.32 Å². The lowest BCUT2D eigenvalue weighted by Crippen LogP contribution is -2.39. The van der Waals surface area contributed by atoms with Gasteiger partial charge in [0.15, 0.2) is 0 Å². The van der Waals surface area contributed by atoms with E-state index >= 15 is 0 Å². The Balaban J connectivity index is 1.49. The number of nitrogens with zero attached hydrogens (tertiary/aromatic N) is 3. The molecule has 0 radical (unpaired) electrons. The lowest BCUT2D eigenvalue weighted by Gasteiger charge is -2.31. The molecule has 26 heavy (non-hydrogen) atoms. The molecule has 1 aliphatic heterocycles. The molecule has 0 aliphatic carbocycles. The van der Waals surface area contributed by atoms with E-state index in [1.807, 2.05) is 48.2 Å². The van der Waals surface area contributed by atoms with Gasteiger partial charge in [0.05, 0.1) is 10.8 Å². The van der Waals surface area contributed by atoms with Gasteiger partial charge in [-0.05, 0) is 51.0 Å². The molecule has 0 N–H and O–H groups in total. The Labute approximate surface area is 156 Å². The van der Waals surface area contributed by atoms with Crippen molar-refractivity contribution in [2.24, 2.45) is 0 Å². The van der Waals surface area contributed by atoms with Crippen LogP contribution in [0.3, 0.4) is 0 Å². The molecule has 1 fully saturated rings. The second-order valence-electron chi connectivity index (χ2n) is 6.81. The first kappa shape index (κ1) is 17.0.